The maximum Gasteiger partial charge on any atom is 0.00967 e. The van der Waals surface area contributed by atoms with Gasteiger partial charge < -0.3 is 5.32 Å². The average molecular weight is 254 g/mol. The Morgan fingerprint density at radius 2 is 1.67 bits per heavy atom. The fourth-order valence-electron chi connectivity index (χ4n) is 2.36. The molecule has 0 spiro atoms. The Balaban J connectivity index is 2.45. The molecule has 2 heteroatoms. The summed E-state index contributed by atoms with van der Waals surface area (Å²) in [5.74, 6) is 0.775. The summed E-state index contributed by atoms with van der Waals surface area (Å²) in [4.78, 5) is 2.72. The van der Waals surface area contributed by atoms with Crippen molar-refractivity contribution in [3.8, 4) is 0 Å². The van der Waals surface area contributed by atoms with Crippen LogP contribution in [0.4, 0.5) is 0 Å². The van der Waals surface area contributed by atoms with Crippen LogP contribution in [-0.4, -0.2) is 36.1 Å². The monoisotopic (exact) mass is 254 g/mol. The van der Waals surface area contributed by atoms with E-state index in [4.69, 9.17) is 0 Å². The van der Waals surface area contributed by atoms with Crippen molar-refractivity contribution in [2.24, 2.45) is 11.3 Å². The SMILES string of the molecule is CC(C)CN(CC(C)(C)CNC(C)(C)C)C1CC1. The van der Waals surface area contributed by atoms with Gasteiger partial charge in [-0.15, -0.1) is 0 Å². The topological polar surface area (TPSA) is 15.3 Å². The Morgan fingerprint density at radius 1 is 1.11 bits per heavy atom. The van der Waals surface area contributed by atoms with Crippen LogP contribution in [0.25, 0.3) is 0 Å². The second-order valence-corrected chi connectivity index (χ2v) is 8.32. The van der Waals surface area contributed by atoms with E-state index in [1.165, 1.54) is 25.9 Å². The van der Waals surface area contributed by atoms with Crippen LogP contribution in [0.3, 0.4) is 0 Å². The third kappa shape index (κ3) is 6.75. The van der Waals surface area contributed by atoms with Crippen LogP contribution >= 0.6 is 0 Å². The van der Waals surface area contributed by atoms with E-state index in [0.29, 0.717) is 5.41 Å². The first-order valence-corrected chi connectivity index (χ1v) is 7.58. The first-order chi connectivity index (χ1) is 8.09. The number of rotatable bonds is 7. The lowest BCUT2D eigenvalue weighted by atomic mass is 9.91. The molecule has 0 radical (unpaired) electrons. The number of hydrogen-bond donors (Lipinski definition) is 1. The Kier molecular flexibility index (Phi) is 5.25. The van der Waals surface area contributed by atoms with Gasteiger partial charge in [-0.25, -0.2) is 0 Å². The Hall–Kier alpha value is -0.0800. The van der Waals surface area contributed by atoms with Crippen molar-refractivity contribution < 1.29 is 0 Å². The van der Waals surface area contributed by atoms with Gasteiger partial charge in [0.25, 0.3) is 0 Å². The molecule has 0 aromatic heterocycles. The van der Waals surface area contributed by atoms with Crippen molar-refractivity contribution in [1.82, 2.24) is 10.2 Å². The lowest BCUT2D eigenvalue weighted by Gasteiger charge is -2.36. The molecule has 0 unspecified atom stereocenters. The highest BCUT2D eigenvalue weighted by atomic mass is 15.2. The van der Waals surface area contributed by atoms with Crippen LogP contribution in [0.2, 0.25) is 0 Å². The molecule has 0 saturated heterocycles. The molecule has 108 valence electrons. The van der Waals surface area contributed by atoms with Gasteiger partial charge in [0, 0.05) is 31.2 Å². The predicted molar refractivity (Wildman–Crippen MR) is 81.0 cm³/mol. The zero-order valence-corrected chi connectivity index (χ0v) is 13.6. The van der Waals surface area contributed by atoms with Crippen LogP contribution in [0.15, 0.2) is 0 Å². The Bertz CT molecular complexity index is 246. The lowest BCUT2D eigenvalue weighted by Crippen LogP contribution is -2.47. The third-order valence-electron chi connectivity index (χ3n) is 3.39. The highest BCUT2D eigenvalue weighted by Crippen LogP contribution is 2.30. The van der Waals surface area contributed by atoms with Crippen LogP contribution in [-0.2, 0) is 0 Å². The maximum atomic E-state index is 3.65. The first kappa shape index (κ1) is 16.0. The Morgan fingerprint density at radius 3 is 2.06 bits per heavy atom. The second-order valence-electron chi connectivity index (χ2n) is 8.32. The fourth-order valence-corrected chi connectivity index (χ4v) is 2.36. The molecule has 1 fully saturated rings. The van der Waals surface area contributed by atoms with Crippen LogP contribution < -0.4 is 5.32 Å². The Labute approximate surface area is 115 Å². The standard InChI is InChI=1S/C16H34N2/c1-13(2)10-18(14-8-9-14)12-16(6,7)11-17-15(3,4)5/h13-14,17H,8-12H2,1-7H3. The molecule has 0 bridgehead atoms. The van der Waals surface area contributed by atoms with Gasteiger partial charge in [0.05, 0.1) is 0 Å². The summed E-state index contributed by atoms with van der Waals surface area (Å²) in [7, 11) is 0. The summed E-state index contributed by atoms with van der Waals surface area (Å²) in [6.45, 7) is 19.7. The maximum absolute atomic E-state index is 3.65. The van der Waals surface area contributed by atoms with Crippen molar-refractivity contribution in [2.75, 3.05) is 19.6 Å². The van der Waals surface area contributed by atoms with E-state index < -0.39 is 0 Å². The van der Waals surface area contributed by atoms with Gasteiger partial charge in [0.2, 0.25) is 0 Å². The van der Waals surface area contributed by atoms with E-state index in [0.717, 1.165) is 18.5 Å². The van der Waals surface area contributed by atoms with Gasteiger partial charge in [-0.1, -0.05) is 27.7 Å². The summed E-state index contributed by atoms with van der Waals surface area (Å²) < 4.78 is 0. The van der Waals surface area contributed by atoms with E-state index in [1.807, 2.05) is 0 Å². The summed E-state index contributed by atoms with van der Waals surface area (Å²) >= 11 is 0. The van der Waals surface area contributed by atoms with Crippen LogP contribution in [0, 0.1) is 11.3 Å². The van der Waals surface area contributed by atoms with Crippen LogP contribution in [0.5, 0.6) is 0 Å². The number of nitrogens with one attached hydrogen (secondary N) is 1. The zero-order valence-electron chi connectivity index (χ0n) is 13.6. The smallest absolute Gasteiger partial charge is 0.00967 e. The third-order valence-corrected chi connectivity index (χ3v) is 3.39. The summed E-state index contributed by atoms with van der Waals surface area (Å²) in [5.41, 5.74) is 0.574. The molecule has 1 N–H and O–H groups in total. The lowest BCUT2D eigenvalue weighted by molar-refractivity contribution is 0.145. The van der Waals surface area contributed by atoms with E-state index in [-0.39, 0.29) is 5.54 Å². The highest BCUT2D eigenvalue weighted by molar-refractivity contribution is 4.89. The molecule has 18 heavy (non-hydrogen) atoms. The molecular formula is C16H34N2. The van der Waals surface area contributed by atoms with Gasteiger partial charge in [-0.05, 0) is 44.9 Å². The minimum absolute atomic E-state index is 0.222. The van der Waals surface area contributed by atoms with Crippen molar-refractivity contribution in [2.45, 2.75) is 72.9 Å². The molecular weight excluding hydrogens is 220 g/mol. The molecule has 0 atom stereocenters. The molecule has 0 heterocycles. The van der Waals surface area contributed by atoms with Crippen molar-refractivity contribution in [3.05, 3.63) is 0 Å². The predicted octanol–water partition coefficient (Wildman–Crippen LogP) is 3.52. The largest absolute Gasteiger partial charge is 0.311 e. The van der Waals surface area contributed by atoms with E-state index in [9.17, 15) is 0 Å². The van der Waals surface area contributed by atoms with Crippen LogP contribution in [0.1, 0.15) is 61.3 Å². The molecule has 0 amide bonds. The molecule has 1 saturated carbocycles. The van der Waals surface area contributed by atoms with E-state index in [2.05, 4.69) is 58.7 Å². The van der Waals surface area contributed by atoms with Crippen molar-refractivity contribution >= 4 is 0 Å². The van der Waals surface area contributed by atoms with Gasteiger partial charge in [-0.2, -0.15) is 0 Å². The number of nitrogens with zero attached hydrogens (tertiary/aromatic N) is 1. The minimum Gasteiger partial charge on any atom is -0.311 e. The van der Waals surface area contributed by atoms with Gasteiger partial charge in [0.15, 0.2) is 0 Å². The molecule has 1 aliphatic rings. The van der Waals surface area contributed by atoms with Gasteiger partial charge >= 0.3 is 0 Å². The molecule has 2 nitrogen and oxygen atoms in total. The van der Waals surface area contributed by atoms with Crippen molar-refractivity contribution in [3.63, 3.8) is 0 Å². The molecule has 0 aromatic carbocycles. The van der Waals surface area contributed by atoms with Crippen molar-refractivity contribution in [1.29, 1.82) is 0 Å². The fraction of sp³-hybridized carbons (Fsp3) is 1.00. The van der Waals surface area contributed by atoms with E-state index in [1.54, 1.807) is 0 Å². The molecule has 1 rings (SSSR count). The summed E-state index contributed by atoms with van der Waals surface area (Å²) in [5, 5.41) is 3.65. The highest BCUT2D eigenvalue weighted by Gasteiger charge is 2.33. The normalized spacial score (nSPS) is 17.8. The zero-order chi connectivity index (χ0) is 14.0. The first-order valence-electron chi connectivity index (χ1n) is 7.58. The molecule has 1 aliphatic carbocycles. The number of hydrogen-bond acceptors (Lipinski definition) is 2. The second kappa shape index (κ2) is 5.92. The summed E-state index contributed by atoms with van der Waals surface area (Å²) in [6, 6.07) is 0.876. The average Bonchev–Trinajstić information content (AvgIpc) is 2.94. The minimum atomic E-state index is 0.222. The van der Waals surface area contributed by atoms with Gasteiger partial charge in [0.1, 0.15) is 0 Å². The molecule has 0 aromatic rings. The quantitative estimate of drug-likeness (QED) is 0.748. The van der Waals surface area contributed by atoms with E-state index >= 15 is 0 Å². The summed E-state index contributed by atoms with van der Waals surface area (Å²) in [6.07, 6.45) is 2.82. The van der Waals surface area contributed by atoms with Gasteiger partial charge in [-0.3, -0.25) is 4.90 Å². The molecule has 0 aliphatic heterocycles.